The molecule has 1 N–H and O–H groups in total. The Hall–Kier alpha value is -2.52. The molecule has 0 bridgehead atoms. The van der Waals surface area contributed by atoms with E-state index in [0.29, 0.717) is 16.3 Å². The molecule has 3 rings (SSSR count). The molecule has 148 valence electrons. The molecule has 28 heavy (non-hydrogen) atoms. The van der Waals surface area contributed by atoms with Crippen molar-refractivity contribution in [1.29, 1.82) is 0 Å². The summed E-state index contributed by atoms with van der Waals surface area (Å²) in [5.41, 5.74) is 0.894. The first-order chi connectivity index (χ1) is 13.3. The first-order valence-electron chi connectivity index (χ1n) is 8.51. The van der Waals surface area contributed by atoms with Crippen molar-refractivity contribution in [3.63, 3.8) is 0 Å². The maximum absolute atomic E-state index is 13.3. The van der Waals surface area contributed by atoms with Gasteiger partial charge in [0.1, 0.15) is 10.7 Å². The van der Waals surface area contributed by atoms with Gasteiger partial charge in [-0.25, -0.2) is 14.2 Å². The summed E-state index contributed by atoms with van der Waals surface area (Å²) >= 11 is 6.80. The molecule has 2 heterocycles. The van der Waals surface area contributed by atoms with Gasteiger partial charge in [-0.1, -0.05) is 22.9 Å². The lowest BCUT2D eigenvalue weighted by Crippen LogP contribution is -2.28. The lowest BCUT2D eigenvalue weighted by molar-refractivity contribution is -0.122. The molecule has 0 saturated carbocycles. The van der Waals surface area contributed by atoms with Crippen LogP contribution in [0.3, 0.4) is 0 Å². The van der Waals surface area contributed by atoms with E-state index in [4.69, 9.17) is 16.3 Å². The lowest BCUT2D eigenvalue weighted by atomic mass is 10.1. The molecule has 10 heteroatoms. The van der Waals surface area contributed by atoms with Gasteiger partial charge in [-0.3, -0.25) is 9.59 Å². The molecular formula is C18H17ClFN3O4S. The van der Waals surface area contributed by atoms with Crippen LogP contribution in [0.25, 0.3) is 0 Å². The molecule has 1 aliphatic rings. The van der Waals surface area contributed by atoms with Crippen LogP contribution in [0, 0.1) is 18.7 Å². The van der Waals surface area contributed by atoms with Crippen LogP contribution >= 0.6 is 22.9 Å². The number of amides is 2. The highest BCUT2D eigenvalue weighted by molar-refractivity contribution is 7.17. The Morgan fingerprint density at radius 2 is 2.21 bits per heavy atom. The number of nitrogens with one attached hydrogen (secondary N) is 1. The van der Waals surface area contributed by atoms with Gasteiger partial charge in [0.25, 0.3) is 0 Å². The number of ether oxygens (including phenoxy) is 1. The second-order valence-corrected chi connectivity index (χ2v) is 7.55. The Labute approximate surface area is 169 Å². The largest absolute Gasteiger partial charge is 0.462 e. The first-order valence-corrected chi connectivity index (χ1v) is 9.70. The molecular weight excluding hydrogens is 409 g/mol. The first kappa shape index (κ1) is 20.2. The number of aryl methyl sites for hydroxylation is 1. The summed E-state index contributed by atoms with van der Waals surface area (Å²) in [6.45, 7) is 3.73. The fourth-order valence-electron chi connectivity index (χ4n) is 2.83. The number of carbonyl (C=O) groups excluding carboxylic acids is 3. The van der Waals surface area contributed by atoms with E-state index in [1.165, 1.54) is 23.1 Å². The Balaban J connectivity index is 1.69. The fourth-order valence-corrected chi connectivity index (χ4v) is 3.87. The molecule has 0 aliphatic carbocycles. The van der Waals surface area contributed by atoms with E-state index in [1.807, 2.05) is 0 Å². The maximum atomic E-state index is 13.3. The highest BCUT2D eigenvalue weighted by Gasteiger charge is 2.36. The van der Waals surface area contributed by atoms with E-state index < -0.39 is 17.7 Å². The third kappa shape index (κ3) is 4.15. The minimum absolute atomic E-state index is 0.00984. The van der Waals surface area contributed by atoms with Gasteiger partial charge < -0.3 is 15.0 Å². The fraction of sp³-hybridized carbons (Fsp3) is 0.333. The number of halogens is 2. The predicted octanol–water partition coefficient (Wildman–Crippen LogP) is 3.41. The van der Waals surface area contributed by atoms with Gasteiger partial charge in [-0.2, -0.15) is 0 Å². The quantitative estimate of drug-likeness (QED) is 0.741. The highest BCUT2D eigenvalue weighted by atomic mass is 35.5. The Morgan fingerprint density at radius 1 is 1.46 bits per heavy atom. The molecule has 1 atom stereocenters. The van der Waals surface area contributed by atoms with Gasteiger partial charge in [0.2, 0.25) is 11.8 Å². The number of anilines is 2. The minimum atomic E-state index is -0.605. The molecule has 0 spiro atoms. The van der Waals surface area contributed by atoms with Crippen LogP contribution in [0.1, 0.15) is 28.7 Å². The van der Waals surface area contributed by atoms with Crippen LogP contribution in [0.5, 0.6) is 0 Å². The summed E-state index contributed by atoms with van der Waals surface area (Å²) in [5.74, 6) is -2.32. The van der Waals surface area contributed by atoms with Gasteiger partial charge >= 0.3 is 5.97 Å². The van der Waals surface area contributed by atoms with E-state index in [-0.39, 0.29) is 41.5 Å². The molecule has 1 aromatic carbocycles. The third-order valence-electron chi connectivity index (χ3n) is 4.20. The van der Waals surface area contributed by atoms with Crippen molar-refractivity contribution < 1.29 is 23.5 Å². The number of benzene rings is 1. The summed E-state index contributed by atoms with van der Waals surface area (Å²) < 4.78 is 18.3. The van der Waals surface area contributed by atoms with E-state index in [0.717, 1.165) is 11.3 Å². The van der Waals surface area contributed by atoms with Crippen LogP contribution in [0.2, 0.25) is 5.02 Å². The van der Waals surface area contributed by atoms with Crippen molar-refractivity contribution in [2.75, 3.05) is 23.4 Å². The van der Waals surface area contributed by atoms with Crippen molar-refractivity contribution >= 4 is 51.5 Å². The normalized spacial score (nSPS) is 16.4. The maximum Gasteiger partial charge on any atom is 0.350 e. The van der Waals surface area contributed by atoms with E-state index in [1.54, 1.807) is 13.8 Å². The molecule has 0 radical (unpaired) electrons. The Morgan fingerprint density at radius 3 is 2.89 bits per heavy atom. The number of thiazole rings is 1. The van der Waals surface area contributed by atoms with Crippen LogP contribution in [0.4, 0.5) is 15.2 Å². The molecule has 1 aliphatic heterocycles. The zero-order chi connectivity index (χ0) is 20.4. The summed E-state index contributed by atoms with van der Waals surface area (Å²) in [7, 11) is 0. The number of carbonyl (C=O) groups is 3. The molecule has 1 saturated heterocycles. The van der Waals surface area contributed by atoms with Crippen LogP contribution < -0.4 is 10.2 Å². The van der Waals surface area contributed by atoms with E-state index >= 15 is 0 Å². The van der Waals surface area contributed by atoms with E-state index in [2.05, 4.69) is 10.3 Å². The predicted molar refractivity (Wildman–Crippen MR) is 103 cm³/mol. The topological polar surface area (TPSA) is 88.6 Å². The van der Waals surface area contributed by atoms with E-state index in [9.17, 15) is 18.8 Å². The Bertz CT molecular complexity index is 949. The number of esters is 1. The monoisotopic (exact) mass is 425 g/mol. The van der Waals surface area contributed by atoms with Crippen LogP contribution in [-0.4, -0.2) is 35.9 Å². The van der Waals surface area contributed by atoms with Crippen molar-refractivity contribution in [3.8, 4) is 0 Å². The summed E-state index contributed by atoms with van der Waals surface area (Å²) in [5, 5.41) is 2.82. The molecule has 1 fully saturated rings. The van der Waals surface area contributed by atoms with Crippen LogP contribution in [0.15, 0.2) is 18.2 Å². The van der Waals surface area contributed by atoms with Gasteiger partial charge in [-0.15, -0.1) is 0 Å². The van der Waals surface area contributed by atoms with Crippen molar-refractivity contribution in [2.45, 2.75) is 20.3 Å². The standard InChI is InChI=1S/C18H17ClFN3O4S/c1-3-27-17(26)15-9(2)21-18(28-15)22-16(25)10-6-14(24)23(8-10)11-4-5-13(20)12(19)7-11/h4-5,7,10H,3,6,8H2,1-2H3,(H,21,22,25). The lowest BCUT2D eigenvalue weighted by Gasteiger charge is -2.17. The molecule has 7 nitrogen and oxygen atoms in total. The molecule has 2 aromatic rings. The average molecular weight is 426 g/mol. The molecule has 1 aromatic heterocycles. The zero-order valence-corrected chi connectivity index (χ0v) is 16.7. The Kier molecular flexibility index (Phi) is 5.95. The molecule has 1 unspecified atom stereocenters. The number of hydrogen-bond acceptors (Lipinski definition) is 6. The SMILES string of the molecule is CCOC(=O)c1sc(NC(=O)C2CC(=O)N(c3ccc(F)c(Cl)c3)C2)nc1C. The summed E-state index contributed by atoms with van der Waals surface area (Å²) in [4.78, 5) is 42.6. The van der Waals surface area contributed by atoms with Crippen molar-refractivity contribution in [1.82, 2.24) is 4.98 Å². The number of rotatable bonds is 5. The highest BCUT2D eigenvalue weighted by Crippen LogP contribution is 2.30. The van der Waals surface area contributed by atoms with Gasteiger partial charge in [0, 0.05) is 18.7 Å². The zero-order valence-electron chi connectivity index (χ0n) is 15.1. The third-order valence-corrected chi connectivity index (χ3v) is 5.54. The van der Waals surface area contributed by atoms with Gasteiger partial charge in [-0.05, 0) is 32.0 Å². The second kappa shape index (κ2) is 8.24. The van der Waals surface area contributed by atoms with Crippen LogP contribution in [-0.2, 0) is 14.3 Å². The number of hydrogen-bond donors (Lipinski definition) is 1. The molecule has 2 amide bonds. The number of aromatic nitrogens is 1. The average Bonchev–Trinajstić information content (AvgIpc) is 3.20. The minimum Gasteiger partial charge on any atom is -0.462 e. The number of nitrogens with zero attached hydrogens (tertiary/aromatic N) is 2. The smallest absolute Gasteiger partial charge is 0.350 e. The summed E-state index contributed by atoms with van der Waals surface area (Å²) in [6.07, 6.45) is 0.00984. The van der Waals surface area contributed by atoms with Gasteiger partial charge in [0.05, 0.1) is 23.2 Å². The summed E-state index contributed by atoms with van der Waals surface area (Å²) in [6, 6.07) is 3.97. The van der Waals surface area contributed by atoms with Crippen molar-refractivity contribution in [3.05, 3.63) is 39.6 Å². The second-order valence-electron chi connectivity index (χ2n) is 6.15. The van der Waals surface area contributed by atoms with Gasteiger partial charge in [0.15, 0.2) is 5.13 Å². The van der Waals surface area contributed by atoms with Crippen molar-refractivity contribution in [2.24, 2.45) is 5.92 Å².